The van der Waals surface area contributed by atoms with E-state index in [2.05, 4.69) is 80.9 Å². The van der Waals surface area contributed by atoms with E-state index in [4.69, 9.17) is 4.98 Å². The van der Waals surface area contributed by atoms with Crippen molar-refractivity contribution < 1.29 is 4.57 Å². The second kappa shape index (κ2) is 6.08. The highest BCUT2D eigenvalue weighted by Crippen LogP contribution is 2.31. The Balaban J connectivity index is 1.92. The van der Waals surface area contributed by atoms with Crippen molar-refractivity contribution in [3.8, 4) is 21.8 Å². The third kappa shape index (κ3) is 2.75. The van der Waals surface area contributed by atoms with Crippen LogP contribution < -0.4 is 4.57 Å². The van der Waals surface area contributed by atoms with Crippen LogP contribution in [-0.2, 0) is 7.05 Å². The average Bonchev–Trinajstić information content (AvgIpc) is 3.05. The van der Waals surface area contributed by atoms with Crippen molar-refractivity contribution in [2.24, 2.45) is 7.05 Å². The zero-order valence-electron chi connectivity index (χ0n) is 15.0. The Morgan fingerprint density at radius 2 is 1.68 bits per heavy atom. The zero-order valence-corrected chi connectivity index (χ0v) is 15.8. The third-order valence-electron chi connectivity index (χ3n) is 4.81. The van der Waals surface area contributed by atoms with Gasteiger partial charge in [-0.05, 0) is 67.2 Å². The molecular formula is C22H21N2S+. The molecular weight excluding hydrogens is 324 g/mol. The largest absolute Gasteiger partial charge is 0.342 e. The molecule has 0 aliphatic rings. The molecule has 2 aromatic heterocycles. The highest BCUT2D eigenvalue weighted by Gasteiger charge is 2.20. The van der Waals surface area contributed by atoms with Crippen molar-refractivity contribution in [3.63, 3.8) is 0 Å². The van der Waals surface area contributed by atoms with E-state index in [1.54, 1.807) is 11.3 Å². The van der Waals surface area contributed by atoms with Crippen LogP contribution >= 0.6 is 11.3 Å². The number of aromatic nitrogens is 2. The maximum Gasteiger partial charge on any atom is 0.342 e. The second-order valence-electron chi connectivity index (χ2n) is 6.60. The summed E-state index contributed by atoms with van der Waals surface area (Å²) >= 11 is 1.75. The first-order valence-electron chi connectivity index (χ1n) is 8.48. The van der Waals surface area contributed by atoms with Crippen LogP contribution in [0.2, 0.25) is 0 Å². The van der Waals surface area contributed by atoms with Gasteiger partial charge in [0, 0.05) is 11.1 Å². The van der Waals surface area contributed by atoms with Gasteiger partial charge in [-0.2, -0.15) is 0 Å². The van der Waals surface area contributed by atoms with Crippen LogP contribution in [0.3, 0.4) is 0 Å². The molecule has 0 saturated carbocycles. The molecule has 25 heavy (non-hydrogen) atoms. The number of fused-ring (bicyclic) bond motifs is 1. The fourth-order valence-electron chi connectivity index (χ4n) is 3.33. The highest BCUT2D eigenvalue weighted by molar-refractivity contribution is 7.21. The minimum absolute atomic E-state index is 1.04. The molecule has 4 aromatic rings. The zero-order chi connectivity index (χ0) is 17.6. The van der Waals surface area contributed by atoms with E-state index in [-0.39, 0.29) is 0 Å². The lowest BCUT2D eigenvalue weighted by molar-refractivity contribution is -0.635. The quantitative estimate of drug-likeness (QED) is 0.446. The molecule has 0 atom stereocenters. The van der Waals surface area contributed by atoms with Gasteiger partial charge in [-0.3, -0.25) is 0 Å². The van der Waals surface area contributed by atoms with E-state index in [9.17, 15) is 0 Å². The molecule has 0 bridgehead atoms. The van der Waals surface area contributed by atoms with Crippen LogP contribution in [0.25, 0.3) is 32.2 Å². The molecule has 0 radical (unpaired) electrons. The summed E-state index contributed by atoms with van der Waals surface area (Å²) in [5.74, 6) is 0. The van der Waals surface area contributed by atoms with Crippen LogP contribution in [0.4, 0.5) is 0 Å². The van der Waals surface area contributed by atoms with Crippen LogP contribution in [0, 0.1) is 20.8 Å². The molecule has 4 rings (SSSR count). The first-order chi connectivity index (χ1) is 12.0. The molecule has 3 heteroatoms. The van der Waals surface area contributed by atoms with Crippen molar-refractivity contribution in [1.82, 2.24) is 4.98 Å². The number of rotatable bonds is 2. The van der Waals surface area contributed by atoms with Crippen LogP contribution in [0.5, 0.6) is 0 Å². The molecule has 124 valence electrons. The van der Waals surface area contributed by atoms with Crippen molar-refractivity contribution in [2.45, 2.75) is 20.8 Å². The average molecular weight is 345 g/mol. The monoisotopic (exact) mass is 345 g/mol. The molecule has 2 aromatic carbocycles. The molecule has 0 aliphatic heterocycles. The third-order valence-corrected chi connectivity index (χ3v) is 5.87. The maximum absolute atomic E-state index is 4.92. The van der Waals surface area contributed by atoms with E-state index in [1.165, 1.54) is 38.2 Å². The number of hydrogen-bond donors (Lipinski definition) is 0. The van der Waals surface area contributed by atoms with Crippen molar-refractivity contribution >= 4 is 21.7 Å². The molecule has 0 spiro atoms. The van der Waals surface area contributed by atoms with E-state index in [1.807, 2.05) is 6.07 Å². The topological polar surface area (TPSA) is 16.8 Å². The SMILES string of the molecule is Cc1cc(C)c(C)c(-c2ccc3sc(-c4ccccc4)nc3[n+]2C)c1. The Bertz CT molecular complexity index is 1080. The first-order valence-corrected chi connectivity index (χ1v) is 9.29. The predicted octanol–water partition coefficient (Wildman–Crippen LogP) is 5.38. The molecule has 2 nitrogen and oxygen atoms in total. The summed E-state index contributed by atoms with van der Waals surface area (Å²) in [6.07, 6.45) is 0. The van der Waals surface area contributed by atoms with Crippen molar-refractivity contribution in [3.05, 3.63) is 71.3 Å². The van der Waals surface area contributed by atoms with Gasteiger partial charge in [-0.15, -0.1) is 0 Å². The minimum atomic E-state index is 1.04. The van der Waals surface area contributed by atoms with Gasteiger partial charge < -0.3 is 0 Å². The lowest BCUT2D eigenvalue weighted by Gasteiger charge is -2.11. The van der Waals surface area contributed by atoms with Gasteiger partial charge in [-0.1, -0.05) is 41.2 Å². The Morgan fingerprint density at radius 3 is 2.44 bits per heavy atom. The summed E-state index contributed by atoms with van der Waals surface area (Å²) < 4.78 is 3.44. The standard InChI is InChI=1S/C22H21N2S/c1-14-12-15(2)16(3)18(13-14)19-10-11-20-21(24(19)4)23-22(25-20)17-8-6-5-7-9-17/h5-13H,1-4H3/q+1. The molecule has 0 amide bonds. The highest BCUT2D eigenvalue weighted by atomic mass is 32.1. The van der Waals surface area contributed by atoms with Crippen LogP contribution in [0.15, 0.2) is 54.6 Å². The second-order valence-corrected chi connectivity index (χ2v) is 7.64. The molecule has 0 saturated heterocycles. The molecule has 0 N–H and O–H groups in total. The summed E-state index contributed by atoms with van der Waals surface area (Å²) in [5, 5.41) is 1.07. The molecule has 0 fully saturated rings. The molecule has 0 aliphatic carbocycles. The minimum Gasteiger partial charge on any atom is -0.225 e. The summed E-state index contributed by atoms with van der Waals surface area (Å²) in [7, 11) is 2.11. The summed E-state index contributed by atoms with van der Waals surface area (Å²) in [5.41, 5.74) is 8.67. The number of nitrogens with zero attached hydrogens (tertiary/aromatic N) is 2. The van der Waals surface area contributed by atoms with Crippen LogP contribution in [-0.4, -0.2) is 4.98 Å². The number of aryl methyl sites for hydroxylation is 3. The Hall–Kier alpha value is -2.52. The predicted molar refractivity (Wildman–Crippen MR) is 106 cm³/mol. The van der Waals surface area contributed by atoms with Crippen molar-refractivity contribution in [2.75, 3.05) is 0 Å². The lowest BCUT2D eigenvalue weighted by atomic mass is 9.97. The van der Waals surface area contributed by atoms with Gasteiger partial charge in [-0.25, -0.2) is 4.57 Å². The first kappa shape index (κ1) is 16.0. The fourth-order valence-corrected chi connectivity index (χ4v) is 4.34. The molecule has 0 unspecified atom stereocenters. The Morgan fingerprint density at radius 1 is 0.920 bits per heavy atom. The molecule has 2 heterocycles. The van der Waals surface area contributed by atoms with E-state index >= 15 is 0 Å². The Labute approximate surface area is 152 Å². The normalized spacial score (nSPS) is 11.2. The van der Waals surface area contributed by atoms with Gasteiger partial charge in [0.25, 0.3) is 0 Å². The van der Waals surface area contributed by atoms with Crippen molar-refractivity contribution in [1.29, 1.82) is 0 Å². The van der Waals surface area contributed by atoms with Crippen LogP contribution in [0.1, 0.15) is 16.7 Å². The maximum atomic E-state index is 4.92. The summed E-state index contributed by atoms with van der Waals surface area (Å²) in [6, 6.07) is 19.3. The Kier molecular flexibility index (Phi) is 3.89. The van der Waals surface area contributed by atoms with Gasteiger partial charge in [0.1, 0.15) is 10.4 Å². The lowest BCUT2D eigenvalue weighted by Crippen LogP contribution is -2.32. The van der Waals surface area contributed by atoms with E-state index in [0.29, 0.717) is 0 Å². The van der Waals surface area contributed by atoms with Gasteiger partial charge >= 0.3 is 5.65 Å². The summed E-state index contributed by atoms with van der Waals surface area (Å²) in [4.78, 5) is 4.92. The number of benzene rings is 2. The van der Waals surface area contributed by atoms with Gasteiger partial charge in [0.05, 0.1) is 7.05 Å². The number of hydrogen-bond acceptors (Lipinski definition) is 2. The van der Waals surface area contributed by atoms with E-state index in [0.717, 1.165) is 10.7 Å². The van der Waals surface area contributed by atoms with Gasteiger partial charge in [0.15, 0.2) is 0 Å². The fraction of sp³-hybridized carbons (Fsp3) is 0.182. The smallest absolute Gasteiger partial charge is 0.225 e. The summed E-state index contributed by atoms with van der Waals surface area (Å²) in [6.45, 7) is 6.54. The van der Waals surface area contributed by atoms with E-state index < -0.39 is 0 Å². The van der Waals surface area contributed by atoms with Gasteiger partial charge in [0.2, 0.25) is 5.01 Å². The number of pyridine rings is 1. The number of thiazole rings is 1.